The molecule has 2 rings (SSSR count). The molecule has 1 aliphatic rings. The van der Waals surface area contributed by atoms with Crippen LogP contribution in [-0.4, -0.2) is 38.2 Å². The minimum Gasteiger partial charge on any atom is -0.497 e. The summed E-state index contributed by atoms with van der Waals surface area (Å²) in [6.07, 6.45) is 1.21. The summed E-state index contributed by atoms with van der Waals surface area (Å²) in [5.74, 6) is 1.65. The predicted octanol–water partition coefficient (Wildman–Crippen LogP) is 2.69. The molecule has 1 saturated heterocycles. The van der Waals surface area contributed by atoms with Crippen LogP contribution in [0.1, 0.15) is 31.9 Å². The number of hydrogen-bond acceptors (Lipinski definition) is 3. The van der Waals surface area contributed by atoms with Crippen LogP contribution in [0.15, 0.2) is 24.3 Å². The maximum Gasteiger partial charge on any atom is 0.118 e. The van der Waals surface area contributed by atoms with Gasteiger partial charge in [-0.05, 0) is 30.0 Å². The fourth-order valence-corrected chi connectivity index (χ4v) is 2.76. The maximum atomic E-state index is 5.25. The Labute approximate surface area is 116 Å². The van der Waals surface area contributed by atoms with Crippen LogP contribution in [-0.2, 0) is 0 Å². The lowest BCUT2D eigenvalue weighted by atomic mass is 9.95. The Balaban J connectivity index is 2.14. The van der Waals surface area contributed by atoms with Crippen molar-refractivity contribution in [1.29, 1.82) is 0 Å². The van der Waals surface area contributed by atoms with Crippen LogP contribution in [0.5, 0.6) is 5.75 Å². The molecular formula is C16H26N2O. The van der Waals surface area contributed by atoms with E-state index in [2.05, 4.69) is 48.3 Å². The van der Waals surface area contributed by atoms with E-state index in [1.165, 1.54) is 12.0 Å². The minimum atomic E-state index is 0.535. The molecule has 0 aromatic heterocycles. The molecule has 3 nitrogen and oxygen atoms in total. The Bertz CT molecular complexity index is 369. The third kappa shape index (κ3) is 3.95. The summed E-state index contributed by atoms with van der Waals surface area (Å²) in [5.41, 5.74) is 1.41. The molecule has 1 aromatic carbocycles. The van der Waals surface area contributed by atoms with Gasteiger partial charge in [0.2, 0.25) is 0 Å². The third-order valence-corrected chi connectivity index (χ3v) is 3.79. The maximum absolute atomic E-state index is 5.25. The lowest BCUT2D eigenvalue weighted by Crippen LogP contribution is -2.45. The molecule has 1 atom stereocenters. The monoisotopic (exact) mass is 262 g/mol. The molecule has 1 heterocycles. The minimum absolute atomic E-state index is 0.535. The van der Waals surface area contributed by atoms with E-state index in [-0.39, 0.29) is 0 Å². The number of piperazine rings is 1. The van der Waals surface area contributed by atoms with Crippen molar-refractivity contribution in [3.05, 3.63) is 29.8 Å². The second-order valence-corrected chi connectivity index (χ2v) is 5.70. The zero-order valence-corrected chi connectivity index (χ0v) is 12.4. The highest BCUT2D eigenvalue weighted by Gasteiger charge is 2.22. The number of nitrogens with zero attached hydrogens (tertiary/aromatic N) is 1. The Morgan fingerprint density at radius 3 is 2.32 bits per heavy atom. The summed E-state index contributed by atoms with van der Waals surface area (Å²) >= 11 is 0. The summed E-state index contributed by atoms with van der Waals surface area (Å²) < 4.78 is 5.25. The van der Waals surface area contributed by atoms with Crippen LogP contribution in [0, 0.1) is 5.92 Å². The van der Waals surface area contributed by atoms with Crippen molar-refractivity contribution in [2.75, 3.05) is 33.3 Å². The van der Waals surface area contributed by atoms with Crippen LogP contribution in [0.2, 0.25) is 0 Å². The predicted molar refractivity (Wildman–Crippen MR) is 79.6 cm³/mol. The van der Waals surface area contributed by atoms with Gasteiger partial charge in [-0.25, -0.2) is 0 Å². The standard InChI is InChI=1S/C16H26N2O/c1-13(2)12-16(18-10-8-17-9-11-18)14-4-6-15(19-3)7-5-14/h4-7,13,16-17H,8-12H2,1-3H3/t16-/m1/s1. The molecule has 0 unspecified atom stereocenters. The first-order chi connectivity index (χ1) is 9.20. The lowest BCUT2D eigenvalue weighted by Gasteiger charge is -2.36. The fourth-order valence-electron chi connectivity index (χ4n) is 2.76. The van der Waals surface area contributed by atoms with Gasteiger partial charge in [-0.3, -0.25) is 4.90 Å². The zero-order chi connectivity index (χ0) is 13.7. The van der Waals surface area contributed by atoms with Gasteiger partial charge in [0.25, 0.3) is 0 Å². The fraction of sp³-hybridized carbons (Fsp3) is 0.625. The van der Waals surface area contributed by atoms with Crippen LogP contribution in [0.4, 0.5) is 0 Å². The lowest BCUT2D eigenvalue weighted by molar-refractivity contribution is 0.154. The highest BCUT2D eigenvalue weighted by Crippen LogP contribution is 2.29. The van der Waals surface area contributed by atoms with Gasteiger partial charge in [0.1, 0.15) is 5.75 Å². The van der Waals surface area contributed by atoms with Crippen LogP contribution < -0.4 is 10.1 Å². The largest absolute Gasteiger partial charge is 0.497 e. The van der Waals surface area contributed by atoms with E-state index < -0.39 is 0 Å². The van der Waals surface area contributed by atoms with E-state index in [0.717, 1.165) is 31.9 Å². The van der Waals surface area contributed by atoms with Gasteiger partial charge in [0, 0.05) is 32.2 Å². The van der Waals surface area contributed by atoms with E-state index >= 15 is 0 Å². The van der Waals surface area contributed by atoms with Crippen molar-refractivity contribution in [2.24, 2.45) is 5.92 Å². The first-order valence-corrected chi connectivity index (χ1v) is 7.29. The van der Waals surface area contributed by atoms with Crippen molar-refractivity contribution < 1.29 is 4.74 Å². The average molecular weight is 262 g/mol. The molecular weight excluding hydrogens is 236 g/mol. The van der Waals surface area contributed by atoms with Crippen LogP contribution >= 0.6 is 0 Å². The topological polar surface area (TPSA) is 24.5 Å². The van der Waals surface area contributed by atoms with Crippen molar-refractivity contribution in [2.45, 2.75) is 26.3 Å². The number of hydrogen-bond donors (Lipinski definition) is 1. The summed E-state index contributed by atoms with van der Waals surface area (Å²) in [6, 6.07) is 9.12. The summed E-state index contributed by atoms with van der Waals surface area (Å²) in [6.45, 7) is 9.10. The molecule has 0 saturated carbocycles. The Morgan fingerprint density at radius 2 is 1.79 bits per heavy atom. The van der Waals surface area contributed by atoms with E-state index in [9.17, 15) is 0 Å². The normalized spacial score (nSPS) is 18.5. The summed E-state index contributed by atoms with van der Waals surface area (Å²) in [7, 11) is 1.72. The first kappa shape index (κ1) is 14.4. The Morgan fingerprint density at radius 1 is 1.16 bits per heavy atom. The van der Waals surface area contributed by atoms with E-state index in [0.29, 0.717) is 12.0 Å². The first-order valence-electron chi connectivity index (χ1n) is 7.29. The molecule has 106 valence electrons. The van der Waals surface area contributed by atoms with Crippen molar-refractivity contribution >= 4 is 0 Å². The Hall–Kier alpha value is -1.06. The number of nitrogens with one attached hydrogen (secondary N) is 1. The van der Waals surface area contributed by atoms with Gasteiger partial charge >= 0.3 is 0 Å². The van der Waals surface area contributed by atoms with E-state index in [1.54, 1.807) is 7.11 Å². The summed E-state index contributed by atoms with van der Waals surface area (Å²) in [4.78, 5) is 2.61. The van der Waals surface area contributed by atoms with Gasteiger partial charge in [0.05, 0.1) is 7.11 Å². The van der Waals surface area contributed by atoms with Crippen molar-refractivity contribution in [1.82, 2.24) is 10.2 Å². The molecule has 1 fully saturated rings. The quantitative estimate of drug-likeness (QED) is 0.883. The second kappa shape index (κ2) is 6.92. The van der Waals surface area contributed by atoms with Crippen molar-refractivity contribution in [3.8, 4) is 5.75 Å². The van der Waals surface area contributed by atoms with Gasteiger partial charge < -0.3 is 10.1 Å². The molecule has 1 aliphatic heterocycles. The molecule has 1 aromatic rings. The summed E-state index contributed by atoms with van der Waals surface area (Å²) in [5, 5.41) is 3.43. The molecule has 3 heteroatoms. The molecule has 0 bridgehead atoms. The van der Waals surface area contributed by atoms with Crippen molar-refractivity contribution in [3.63, 3.8) is 0 Å². The highest BCUT2D eigenvalue weighted by atomic mass is 16.5. The number of methoxy groups -OCH3 is 1. The number of ether oxygens (including phenoxy) is 1. The molecule has 0 spiro atoms. The van der Waals surface area contributed by atoms with Crippen LogP contribution in [0.3, 0.4) is 0 Å². The van der Waals surface area contributed by atoms with E-state index in [1.807, 2.05) is 0 Å². The highest BCUT2D eigenvalue weighted by molar-refractivity contribution is 5.29. The van der Waals surface area contributed by atoms with Gasteiger partial charge in [-0.1, -0.05) is 26.0 Å². The molecule has 0 aliphatic carbocycles. The second-order valence-electron chi connectivity index (χ2n) is 5.70. The average Bonchev–Trinajstić information content (AvgIpc) is 2.46. The zero-order valence-electron chi connectivity index (χ0n) is 12.4. The smallest absolute Gasteiger partial charge is 0.118 e. The number of rotatable bonds is 5. The molecule has 1 N–H and O–H groups in total. The number of benzene rings is 1. The van der Waals surface area contributed by atoms with Crippen LogP contribution in [0.25, 0.3) is 0 Å². The molecule has 0 amide bonds. The molecule has 19 heavy (non-hydrogen) atoms. The SMILES string of the molecule is COc1ccc([C@@H](CC(C)C)N2CCNCC2)cc1. The van der Waals surface area contributed by atoms with Gasteiger partial charge in [-0.15, -0.1) is 0 Å². The third-order valence-electron chi connectivity index (χ3n) is 3.79. The van der Waals surface area contributed by atoms with Gasteiger partial charge in [0.15, 0.2) is 0 Å². The van der Waals surface area contributed by atoms with Gasteiger partial charge in [-0.2, -0.15) is 0 Å². The Kier molecular flexibility index (Phi) is 5.23. The molecule has 0 radical (unpaired) electrons. The van der Waals surface area contributed by atoms with E-state index in [4.69, 9.17) is 4.74 Å².